The molecular weight excluding hydrogens is 298 g/mol. The van der Waals surface area contributed by atoms with Crippen LogP contribution in [-0.2, 0) is 11.8 Å². The molecule has 0 N–H and O–H groups in total. The molecule has 0 saturated heterocycles. The van der Waals surface area contributed by atoms with Gasteiger partial charge in [-0.15, -0.1) is 0 Å². The predicted octanol–water partition coefficient (Wildman–Crippen LogP) is 3.17. The lowest BCUT2D eigenvalue weighted by atomic mass is 9.99. The van der Waals surface area contributed by atoms with Crippen molar-refractivity contribution in [2.75, 3.05) is 33.9 Å². The van der Waals surface area contributed by atoms with Gasteiger partial charge in [0.1, 0.15) is 5.82 Å². The van der Waals surface area contributed by atoms with Crippen LogP contribution in [0, 0.1) is 0 Å². The molecule has 0 radical (unpaired) electrons. The van der Waals surface area contributed by atoms with Crippen molar-refractivity contribution < 1.29 is 4.74 Å². The molecular formula is C17H24ClN3O. The average Bonchev–Trinajstić information content (AvgIpc) is 2.88. The lowest BCUT2D eigenvalue weighted by Crippen LogP contribution is -2.18. The molecule has 1 aromatic heterocycles. The highest BCUT2D eigenvalue weighted by Gasteiger charge is 2.19. The molecule has 0 bridgehead atoms. The van der Waals surface area contributed by atoms with Crippen LogP contribution >= 0.6 is 11.6 Å². The number of rotatable bonds is 8. The van der Waals surface area contributed by atoms with Crippen molar-refractivity contribution >= 4 is 11.6 Å². The number of aromatic nitrogens is 2. The van der Waals surface area contributed by atoms with Gasteiger partial charge in [0.05, 0.1) is 12.5 Å². The van der Waals surface area contributed by atoms with Crippen LogP contribution in [0.3, 0.4) is 0 Å². The summed E-state index contributed by atoms with van der Waals surface area (Å²) < 4.78 is 7.93. The Hall–Kier alpha value is -1.36. The molecule has 5 heteroatoms. The molecule has 1 atom stereocenters. The first-order chi connectivity index (χ1) is 10.6. The van der Waals surface area contributed by atoms with E-state index in [1.807, 2.05) is 42.2 Å². The van der Waals surface area contributed by atoms with E-state index in [4.69, 9.17) is 16.3 Å². The number of ether oxygens (including phenoxy) is 1. The van der Waals surface area contributed by atoms with Gasteiger partial charge in [0, 0.05) is 31.1 Å². The molecule has 0 saturated carbocycles. The monoisotopic (exact) mass is 321 g/mol. The van der Waals surface area contributed by atoms with E-state index >= 15 is 0 Å². The van der Waals surface area contributed by atoms with E-state index in [0.717, 1.165) is 36.0 Å². The van der Waals surface area contributed by atoms with Crippen molar-refractivity contribution in [3.63, 3.8) is 0 Å². The summed E-state index contributed by atoms with van der Waals surface area (Å²) >= 11 is 6.14. The summed E-state index contributed by atoms with van der Waals surface area (Å²) in [6.07, 6.45) is 4.80. The van der Waals surface area contributed by atoms with Crippen LogP contribution in [-0.4, -0.2) is 48.3 Å². The largest absolute Gasteiger partial charge is 0.380 e. The first-order valence-electron chi connectivity index (χ1n) is 7.53. The lowest BCUT2D eigenvalue weighted by molar-refractivity contribution is 0.117. The van der Waals surface area contributed by atoms with E-state index in [1.165, 1.54) is 0 Å². The van der Waals surface area contributed by atoms with Crippen LogP contribution in [0.2, 0.25) is 5.02 Å². The third kappa shape index (κ3) is 4.83. The number of hydrogen-bond acceptors (Lipinski definition) is 3. The van der Waals surface area contributed by atoms with Crippen molar-refractivity contribution in [2.24, 2.45) is 7.05 Å². The standard InChI is InChI=1S/C17H24ClN3O/c1-20(2)9-5-11-22-13-16(17-19-8-10-21(17)3)14-6-4-7-15(18)12-14/h4,6-8,10,12,16H,5,9,11,13H2,1-3H3. The molecule has 1 unspecified atom stereocenters. The quantitative estimate of drug-likeness (QED) is 0.700. The van der Waals surface area contributed by atoms with E-state index in [0.29, 0.717) is 6.61 Å². The zero-order valence-corrected chi connectivity index (χ0v) is 14.3. The topological polar surface area (TPSA) is 30.3 Å². The van der Waals surface area contributed by atoms with Gasteiger partial charge >= 0.3 is 0 Å². The highest BCUT2D eigenvalue weighted by molar-refractivity contribution is 6.30. The average molecular weight is 322 g/mol. The Labute approximate surface area is 137 Å². The summed E-state index contributed by atoms with van der Waals surface area (Å²) in [7, 11) is 6.15. The number of aryl methyl sites for hydroxylation is 1. The molecule has 2 rings (SSSR count). The summed E-state index contributed by atoms with van der Waals surface area (Å²) in [5.74, 6) is 1.09. The van der Waals surface area contributed by atoms with Crippen molar-refractivity contribution in [1.82, 2.24) is 14.5 Å². The molecule has 0 aliphatic carbocycles. The molecule has 0 amide bonds. The number of hydrogen-bond donors (Lipinski definition) is 0. The minimum Gasteiger partial charge on any atom is -0.380 e. The second kappa shape index (κ2) is 8.32. The summed E-state index contributed by atoms with van der Waals surface area (Å²) in [5, 5.41) is 0.740. The molecule has 0 fully saturated rings. The Morgan fingerprint density at radius 1 is 1.36 bits per heavy atom. The Morgan fingerprint density at radius 3 is 2.82 bits per heavy atom. The first-order valence-corrected chi connectivity index (χ1v) is 7.91. The van der Waals surface area contributed by atoms with Crippen LogP contribution < -0.4 is 0 Å². The maximum atomic E-state index is 6.14. The van der Waals surface area contributed by atoms with Gasteiger partial charge in [0.2, 0.25) is 0 Å². The number of halogens is 1. The van der Waals surface area contributed by atoms with E-state index in [2.05, 4.69) is 30.0 Å². The van der Waals surface area contributed by atoms with Gasteiger partial charge < -0.3 is 14.2 Å². The lowest BCUT2D eigenvalue weighted by Gasteiger charge is -2.18. The zero-order chi connectivity index (χ0) is 15.9. The van der Waals surface area contributed by atoms with Gasteiger partial charge in [0.15, 0.2) is 0 Å². The fraction of sp³-hybridized carbons (Fsp3) is 0.471. The van der Waals surface area contributed by atoms with Crippen molar-refractivity contribution in [3.05, 3.63) is 53.1 Å². The second-order valence-corrected chi connectivity index (χ2v) is 6.17. The second-order valence-electron chi connectivity index (χ2n) is 5.74. The molecule has 0 aliphatic rings. The third-order valence-corrected chi connectivity index (χ3v) is 3.83. The highest BCUT2D eigenvalue weighted by atomic mass is 35.5. The van der Waals surface area contributed by atoms with Gasteiger partial charge in [-0.2, -0.15) is 0 Å². The molecule has 2 aromatic rings. The molecule has 22 heavy (non-hydrogen) atoms. The Morgan fingerprint density at radius 2 is 2.18 bits per heavy atom. The molecule has 0 spiro atoms. The van der Waals surface area contributed by atoms with E-state index in [9.17, 15) is 0 Å². The van der Waals surface area contributed by atoms with Crippen LogP contribution in [0.1, 0.15) is 23.7 Å². The van der Waals surface area contributed by atoms with Crippen molar-refractivity contribution in [2.45, 2.75) is 12.3 Å². The summed E-state index contributed by atoms with van der Waals surface area (Å²) in [5.41, 5.74) is 1.13. The molecule has 0 aliphatic heterocycles. The van der Waals surface area contributed by atoms with Crippen molar-refractivity contribution in [1.29, 1.82) is 0 Å². The maximum Gasteiger partial charge on any atom is 0.118 e. The SMILES string of the molecule is CN(C)CCCOCC(c1cccc(Cl)c1)c1nccn1C. The summed E-state index contributed by atoms with van der Waals surface area (Å²) in [4.78, 5) is 6.64. The normalized spacial score (nSPS) is 12.8. The Balaban J connectivity index is 2.05. The van der Waals surface area contributed by atoms with E-state index < -0.39 is 0 Å². The maximum absolute atomic E-state index is 6.14. The van der Waals surface area contributed by atoms with Gasteiger partial charge in [-0.05, 0) is 44.8 Å². The Kier molecular flexibility index (Phi) is 6.43. The number of benzene rings is 1. The van der Waals surface area contributed by atoms with Crippen molar-refractivity contribution in [3.8, 4) is 0 Å². The zero-order valence-electron chi connectivity index (χ0n) is 13.5. The minimum absolute atomic E-state index is 0.0954. The van der Waals surface area contributed by atoms with Gasteiger partial charge in [0.25, 0.3) is 0 Å². The van der Waals surface area contributed by atoms with Gasteiger partial charge in [-0.1, -0.05) is 23.7 Å². The van der Waals surface area contributed by atoms with E-state index in [-0.39, 0.29) is 5.92 Å². The molecule has 1 heterocycles. The van der Waals surface area contributed by atoms with Crippen LogP contribution in [0.25, 0.3) is 0 Å². The van der Waals surface area contributed by atoms with E-state index in [1.54, 1.807) is 0 Å². The molecule has 120 valence electrons. The number of nitrogens with zero attached hydrogens (tertiary/aromatic N) is 3. The van der Waals surface area contributed by atoms with Crippen LogP contribution in [0.4, 0.5) is 0 Å². The van der Waals surface area contributed by atoms with Gasteiger partial charge in [-0.3, -0.25) is 0 Å². The first kappa shape index (κ1) is 17.0. The third-order valence-electron chi connectivity index (χ3n) is 3.60. The summed E-state index contributed by atoms with van der Waals surface area (Å²) in [6, 6.07) is 7.93. The molecule has 1 aromatic carbocycles. The fourth-order valence-electron chi connectivity index (χ4n) is 2.44. The predicted molar refractivity (Wildman–Crippen MR) is 90.5 cm³/mol. The minimum atomic E-state index is 0.0954. The fourth-order valence-corrected chi connectivity index (χ4v) is 2.64. The van der Waals surface area contributed by atoms with Crippen LogP contribution in [0.15, 0.2) is 36.7 Å². The number of imidazole rings is 1. The summed E-state index contributed by atoms with van der Waals surface area (Å²) in [6.45, 7) is 2.39. The van der Waals surface area contributed by atoms with Crippen LogP contribution in [0.5, 0.6) is 0 Å². The highest BCUT2D eigenvalue weighted by Crippen LogP contribution is 2.25. The Bertz CT molecular complexity index is 583. The van der Waals surface area contributed by atoms with Gasteiger partial charge in [-0.25, -0.2) is 4.98 Å². The molecule has 4 nitrogen and oxygen atoms in total. The smallest absolute Gasteiger partial charge is 0.118 e.